The first-order valence-corrected chi connectivity index (χ1v) is 13.4. The molecule has 0 aliphatic rings. The van der Waals surface area contributed by atoms with Gasteiger partial charge in [0.2, 0.25) is 11.8 Å². The summed E-state index contributed by atoms with van der Waals surface area (Å²) in [7, 11) is 1.28. The molecule has 1 aromatic heterocycles. The van der Waals surface area contributed by atoms with Gasteiger partial charge in [-0.3, -0.25) is 14.5 Å². The van der Waals surface area contributed by atoms with Crippen LogP contribution in [-0.2, 0) is 25.6 Å². The van der Waals surface area contributed by atoms with Crippen LogP contribution in [0.15, 0.2) is 72.8 Å². The maximum atomic E-state index is 14.2. The summed E-state index contributed by atoms with van der Waals surface area (Å²) < 4.78 is 11.4. The van der Waals surface area contributed by atoms with Gasteiger partial charge in [0.25, 0.3) is 0 Å². The van der Waals surface area contributed by atoms with Crippen LogP contribution in [0.5, 0.6) is 0 Å². The minimum absolute atomic E-state index is 0.216. The van der Waals surface area contributed by atoms with Gasteiger partial charge in [0.1, 0.15) is 18.1 Å². The van der Waals surface area contributed by atoms with E-state index in [4.69, 9.17) is 9.47 Å². The maximum Gasteiger partial charge on any atom is 0.338 e. The number of ether oxygens (including phenoxy) is 2. The molecule has 1 N–H and O–H groups in total. The molecule has 0 saturated heterocycles. The molecule has 0 fully saturated rings. The molecule has 0 saturated carbocycles. The number of hydrogen-bond donors (Lipinski definition) is 1. The quantitative estimate of drug-likeness (QED) is 0.297. The van der Waals surface area contributed by atoms with Crippen molar-refractivity contribution in [2.24, 2.45) is 0 Å². The van der Waals surface area contributed by atoms with Gasteiger partial charge in [-0.05, 0) is 81.8 Å². The molecule has 1 heterocycles. The first-order valence-electron chi connectivity index (χ1n) is 13.4. The Labute approximate surface area is 243 Å². The Hall–Kier alpha value is -5.06. The molecule has 218 valence electrons. The van der Waals surface area contributed by atoms with E-state index in [1.54, 1.807) is 43.3 Å². The second kappa shape index (κ2) is 12.6. The largest absolute Gasteiger partial charge is 0.465 e. The molecule has 0 radical (unpaired) electrons. The zero-order valence-electron chi connectivity index (χ0n) is 24.2. The number of benzene rings is 3. The monoisotopic (exact) mass is 571 g/mol. The van der Waals surface area contributed by atoms with Crippen molar-refractivity contribution in [3.8, 4) is 0 Å². The zero-order valence-corrected chi connectivity index (χ0v) is 24.2. The summed E-state index contributed by atoms with van der Waals surface area (Å²) in [4.78, 5) is 53.8. The van der Waals surface area contributed by atoms with Crippen LogP contribution in [0.4, 0.5) is 5.69 Å². The summed E-state index contributed by atoms with van der Waals surface area (Å²) in [5, 5.41) is 11.3. The fourth-order valence-electron chi connectivity index (χ4n) is 4.42. The van der Waals surface area contributed by atoms with E-state index < -0.39 is 35.3 Å². The number of methoxy groups -OCH3 is 1. The van der Waals surface area contributed by atoms with Crippen molar-refractivity contribution in [1.29, 1.82) is 0 Å². The standard InChI is InChI=1S/C31H33N5O6/c1-6-42-30(40)22-15-17-23(18-16-22)36(26(37)19-35-25-10-8-7-9-24(25)33-34-35)27(28(38)32-31(2,3)4)20-11-13-21(14-12-20)29(39)41-5/h7-18,27H,6,19H2,1-5H3,(H,32,38). The highest BCUT2D eigenvalue weighted by atomic mass is 16.5. The highest BCUT2D eigenvalue weighted by Crippen LogP contribution is 2.30. The van der Waals surface area contributed by atoms with Gasteiger partial charge in [0.05, 0.1) is 30.4 Å². The third-order valence-electron chi connectivity index (χ3n) is 6.28. The van der Waals surface area contributed by atoms with E-state index in [0.29, 0.717) is 33.4 Å². The molecule has 2 amide bonds. The van der Waals surface area contributed by atoms with Crippen LogP contribution in [-0.4, -0.2) is 58.0 Å². The Morgan fingerprint density at radius 3 is 2.14 bits per heavy atom. The van der Waals surface area contributed by atoms with Crippen LogP contribution >= 0.6 is 0 Å². The predicted octanol–water partition coefficient (Wildman–Crippen LogP) is 4.08. The van der Waals surface area contributed by atoms with Crippen molar-refractivity contribution < 1.29 is 28.7 Å². The summed E-state index contributed by atoms with van der Waals surface area (Å²) in [5.41, 5.74) is 2.07. The van der Waals surface area contributed by atoms with E-state index in [-0.39, 0.29) is 13.2 Å². The molecule has 1 unspecified atom stereocenters. The number of fused-ring (bicyclic) bond motifs is 1. The molecule has 3 aromatic carbocycles. The highest BCUT2D eigenvalue weighted by molar-refractivity contribution is 6.02. The number of esters is 2. The number of carbonyl (C=O) groups excluding carboxylic acids is 4. The van der Waals surface area contributed by atoms with E-state index in [1.165, 1.54) is 41.0 Å². The summed E-state index contributed by atoms with van der Waals surface area (Å²) >= 11 is 0. The first-order chi connectivity index (χ1) is 20.0. The molecule has 4 aromatic rings. The summed E-state index contributed by atoms with van der Waals surface area (Å²) in [6.07, 6.45) is 0. The van der Waals surface area contributed by atoms with Gasteiger partial charge in [0.15, 0.2) is 0 Å². The van der Waals surface area contributed by atoms with Crippen LogP contribution in [0.2, 0.25) is 0 Å². The molecule has 0 aliphatic heterocycles. The number of anilines is 1. The van der Waals surface area contributed by atoms with E-state index in [0.717, 1.165) is 0 Å². The molecule has 4 rings (SSSR count). The molecule has 0 aliphatic carbocycles. The summed E-state index contributed by atoms with van der Waals surface area (Å²) in [5.74, 6) is -1.94. The van der Waals surface area contributed by atoms with Crippen LogP contribution in [0, 0.1) is 0 Å². The van der Waals surface area contributed by atoms with Gasteiger partial charge >= 0.3 is 11.9 Å². The lowest BCUT2D eigenvalue weighted by Gasteiger charge is -2.34. The van der Waals surface area contributed by atoms with Crippen LogP contribution in [0.1, 0.15) is 60.0 Å². The molecule has 42 heavy (non-hydrogen) atoms. The Morgan fingerprint density at radius 2 is 1.52 bits per heavy atom. The zero-order chi connectivity index (χ0) is 30.4. The Balaban J connectivity index is 1.83. The molecule has 0 spiro atoms. The first kappa shape index (κ1) is 29.9. The van der Waals surface area contributed by atoms with Gasteiger partial charge in [-0.15, -0.1) is 5.10 Å². The minimum atomic E-state index is -1.15. The molecular formula is C31H33N5O6. The molecule has 1 atom stereocenters. The lowest BCUT2D eigenvalue weighted by Crippen LogP contribution is -2.50. The lowest BCUT2D eigenvalue weighted by molar-refractivity contribution is -0.128. The average Bonchev–Trinajstić information content (AvgIpc) is 3.37. The molecule has 0 bridgehead atoms. The molecule has 11 heteroatoms. The van der Waals surface area contributed by atoms with Crippen molar-refractivity contribution in [2.45, 2.75) is 45.8 Å². The Kier molecular flexibility index (Phi) is 8.99. The van der Waals surface area contributed by atoms with Gasteiger partial charge in [-0.1, -0.05) is 29.5 Å². The van der Waals surface area contributed by atoms with Crippen molar-refractivity contribution in [2.75, 3.05) is 18.6 Å². The Morgan fingerprint density at radius 1 is 0.905 bits per heavy atom. The van der Waals surface area contributed by atoms with E-state index in [1.807, 2.05) is 32.9 Å². The van der Waals surface area contributed by atoms with Gasteiger partial charge in [-0.25, -0.2) is 14.3 Å². The maximum absolute atomic E-state index is 14.2. The Bertz CT molecular complexity index is 1590. The van der Waals surface area contributed by atoms with Gasteiger partial charge in [0, 0.05) is 11.2 Å². The number of rotatable bonds is 9. The topological polar surface area (TPSA) is 133 Å². The number of aromatic nitrogens is 3. The van der Waals surface area contributed by atoms with Crippen molar-refractivity contribution in [3.05, 3.63) is 89.5 Å². The molecular weight excluding hydrogens is 538 g/mol. The third-order valence-corrected chi connectivity index (χ3v) is 6.28. The van der Waals surface area contributed by atoms with Gasteiger partial charge < -0.3 is 14.8 Å². The summed E-state index contributed by atoms with van der Waals surface area (Å²) in [6.45, 7) is 7.22. The van der Waals surface area contributed by atoms with Crippen LogP contribution < -0.4 is 10.2 Å². The highest BCUT2D eigenvalue weighted by Gasteiger charge is 2.35. The number of para-hydroxylation sites is 1. The fraction of sp³-hybridized carbons (Fsp3) is 0.290. The lowest BCUT2D eigenvalue weighted by atomic mass is 9.99. The number of nitrogens with zero attached hydrogens (tertiary/aromatic N) is 4. The molecule has 11 nitrogen and oxygen atoms in total. The van der Waals surface area contributed by atoms with Crippen molar-refractivity contribution in [1.82, 2.24) is 20.3 Å². The van der Waals surface area contributed by atoms with E-state index in [9.17, 15) is 19.2 Å². The average molecular weight is 572 g/mol. The fourth-order valence-corrected chi connectivity index (χ4v) is 4.42. The van der Waals surface area contributed by atoms with E-state index >= 15 is 0 Å². The van der Waals surface area contributed by atoms with Crippen LogP contribution in [0.3, 0.4) is 0 Å². The van der Waals surface area contributed by atoms with Crippen molar-refractivity contribution in [3.63, 3.8) is 0 Å². The second-order valence-electron chi connectivity index (χ2n) is 10.5. The van der Waals surface area contributed by atoms with Gasteiger partial charge in [-0.2, -0.15) is 0 Å². The normalized spacial score (nSPS) is 11.9. The minimum Gasteiger partial charge on any atom is -0.465 e. The number of nitrogens with one attached hydrogen (secondary N) is 1. The van der Waals surface area contributed by atoms with Crippen molar-refractivity contribution >= 4 is 40.5 Å². The third kappa shape index (κ3) is 6.80. The van der Waals surface area contributed by atoms with E-state index in [2.05, 4.69) is 15.6 Å². The summed E-state index contributed by atoms with van der Waals surface area (Å²) in [6, 6.07) is 18.6. The number of carbonyl (C=O) groups is 4. The number of amides is 2. The smallest absolute Gasteiger partial charge is 0.338 e. The number of hydrogen-bond acceptors (Lipinski definition) is 8. The van der Waals surface area contributed by atoms with Crippen LogP contribution in [0.25, 0.3) is 11.0 Å². The second-order valence-corrected chi connectivity index (χ2v) is 10.5. The SMILES string of the molecule is CCOC(=O)c1ccc(N(C(=O)Cn2nnc3ccccc32)C(C(=O)NC(C)(C)C)c2ccc(C(=O)OC)cc2)cc1. The predicted molar refractivity (Wildman–Crippen MR) is 156 cm³/mol.